The molecular weight excluding hydrogens is 144 g/mol. The maximum Gasteiger partial charge on any atom is 0.314 e. The van der Waals surface area contributed by atoms with E-state index < -0.39 is 0 Å². The van der Waals surface area contributed by atoms with E-state index in [0.29, 0.717) is 6.54 Å². The van der Waals surface area contributed by atoms with Crippen LogP contribution >= 0.6 is 12.4 Å². The zero-order valence-corrected chi connectivity index (χ0v) is 5.99. The Labute approximate surface area is 60.0 Å². The minimum atomic E-state index is -0.265. The SMILES string of the molecule is CNC(=O)NCCO.Cl. The van der Waals surface area contributed by atoms with Crippen molar-refractivity contribution < 1.29 is 9.90 Å². The largest absolute Gasteiger partial charge is 0.395 e. The molecule has 0 aliphatic rings. The van der Waals surface area contributed by atoms with Crippen molar-refractivity contribution in [3.63, 3.8) is 0 Å². The average molecular weight is 155 g/mol. The molecule has 5 heteroatoms. The lowest BCUT2D eigenvalue weighted by Gasteiger charge is -1.98. The molecule has 0 fully saturated rings. The summed E-state index contributed by atoms with van der Waals surface area (Å²) in [6.45, 7) is 0.285. The first kappa shape index (κ1) is 11.3. The maximum absolute atomic E-state index is 10.2. The van der Waals surface area contributed by atoms with Crippen LogP contribution in [0.3, 0.4) is 0 Å². The number of aliphatic hydroxyl groups is 1. The number of hydrogen-bond donors (Lipinski definition) is 3. The number of nitrogens with one attached hydrogen (secondary N) is 2. The van der Waals surface area contributed by atoms with Gasteiger partial charge in [0.2, 0.25) is 0 Å². The van der Waals surface area contributed by atoms with Gasteiger partial charge in [-0.05, 0) is 0 Å². The number of halogens is 1. The normalized spacial score (nSPS) is 7.33. The maximum atomic E-state index is 10.2. The van der Waals surface area contributed by atoms with E-state index in [9.17, 15) is 4.79 Å². The van der Waals surface area contributed by atoms with E-state index in [4.69, 9.17) is 5.11 Å². The van der Waals surface area contributed by atoms with Crippen molar-refractivity contribution in [2.75, 3.05) is 20.2 Å². The van der Waals surface area contributed by atoms with Gasteiger partial charge in [0.15, 0.2) is 0 Å². The van der Waals surface area contributed by atoms with Gasteiger partial charge in [0.1, 0.15) is 0 Å². The fourth-order valence-electron chi connectivity index (χ4n) is 0.258. The molecule has 0 saturated carbocycles. The van der Waals surface area contributed by atoms with Gasteiger partial charge in [-0.1, -0.05) is 0 Å². The third-order valence-corrected chi connectivity index (χ3v) is 0.624. The van der Waals surface area contributed by atoms with Crippen LogP contribution < -0.4 is 10.6 Å². The number of aliphatic hydroxyl groups excluding tert-OH is 1. The van der Waals surface area contributed by atoms with Crippen molar-refractivity contribution in [1.29, 1.82) is 0 Å². The van der Waals surface area contributed by atoms with Crippen LogP contribution in [0, 0.1) is 0 Å². The second-order valence-corrected chi connectivity index (χ2v) is 1.23. The number of carbonyl (C=O) groups excluding carboxylic acids is 1. The predicted molar refractivity (Wildman–Crippen MR) is 36.8 cm³/mol. The third-order valence-electron chi connectivity index (χ3n) is 0.624. The molecule has 0 bridgehead atoms. The highest BCUT2D eigenvalue weighted by molar-refractivity contribution is 5.85. The van der Waals surface area contributed by atoms with E-state index >= 15 is 0 Å². The van der Waals surface area contributed by atoms with Crippen LogP contribution in [0.1, 0.15) is 0 Å². The summed E-state index contributed by atoms with van der Waals surface area (Å²) in [5, 5.41) is 12.9. The van der Waals surface area contributed by atoms with E-state index in [1.165, 1.54) is 7.05 Å². The van der Waals surface area contributed by atoms with Crippen molar-refractivity contribution in [3.05, 3.63) is 0 Å². The average Bonchev–Trinajstić information content (AvgIpc) is 1.83. The summed E-state index contributed by atoms with van der Waals surface area (Å²) in [7, 11) is 1.52. The topological polar surface area (TPSA) is 61.4 Å². The first-order valence-corrected chi connectivity index (χ1v) is 2.37. The number of hydrogen-bond acceptors (Lipinski definition) is 2. The van der Waals surface area contributed by atoms with Gasteiger partial charge in [-0.25, -0.2) is 4.79 Å². The second kappa shape index (κ2) is 7.52. The Kier molecular flexibility index (Phi) is 9.47. The molecular formula is C4H11ClN2O2. The molecule has 0 aromatic heterocycles. The number of urea groups is 1. The zero-order valence-electron chi connectivity index (χ0n) is 5.18. The molecule has 0 aromatic rings. The van der Waals surface area contributed by atoms with Crippen LogP contribution in [0.25, 0.3) is 0 Å². The standard InChI is InChI=1S/C4H10N2O2.ClH/c1-5-4(8)6-2-3-7;/h7H,2-3H2,1H3,(H2,5,6,8);1H. The first-order chi connectivity index (χ1) is 3.81. The van der Waals surface area contributed by atoms with E-state index in [-0.39, 0.29) is 25.0 Å². The molecule has 0 spiro atoms. The summed E-state index contributed by atoms with van der Waals surface area (Å²) >= 11 is 0. The van der Waals surface area contributed by atoms with Crippen molar-refractivity contribution in [2.45, 2.75) is 0 Å². The molecule has 0 heterocycles. The highest BCUT2D eigenvalue weighted by Crippen LogP contribution is 1.57. The molecule has 56 valence electrons. The summed E-state index contributed by atoms with van der Waals surface area (Å²) < 4.78 is 0. The van der Waals surface area contributed by atoms with Gasteiger partial charge >= 0.3 is 6.03 Å². The minimum Gasteiger partial charge on any atom is -0.395 e. The lowest BCUT2D eigenvalue weighted by atomic mass is 10.7. The van der Waals surface area contributed by atoms with Crippen LogP contribution in [-0.2, 0) is 0 Å². The molecule has 2 amide bonds. The van der Waals surface area contributed by atoms with Crippen LogP contribution in [0.2, 0.25) is 0 Å². The van der Waals surface area contributed by atoms with Crippen molar-refractivity contribution >= 4 is 18.4 Å². The van der Waals surface area contributed by atoms with Gasteiger partial charge in [-0.2, -0.15) is 0 Å². The number of rotatable bonds is 2. The van der Waals surface area contributed by atoms with E-state index in [1.807, 2.05) is 0 Å². The molecule has 0 atom stereocenters. The molecule has 0 aromatic carbocycles. The Bertz CT molecular complexity index is 79.0. The summed E-state index contributed by atoms with van der Waals surface area (Å²) in [5.41, 5.74) is 0. The molecule has 0 radical (unpaired) electrons. The van der Waals surface area contributed by atoms with Gasteiger partial charge in [0, 0.05) is 13.6 Å². The predicted octanol–water partition coefficient (Wildman–Crippen LogP) is -0.670. The molecule has 9 heavy (non-hydrogen) atoms. The van der Waals surface area contributed by atoms with Crippen LogP contribution in [0.4, 0.5) is 4.79 Å². The summed E-state index contributed by atoms with van der Waals surface area (Å²) in [4.78, 5) is 10.2. The summed E-state index contributed by atoms with van der Waals surface area (Å²) in [6.07, 6.45) is 0. The fourth-order valence-corrected chi connectivity index (χ4v) is 0.258. The Balaban J connectivity index is 0. The zero-order chi connectivity index (χ0) is 6.41. The van der Waals surface area contributed by atoms with E-state index in [1.54, 1.807) is 0 Å². The van der Waals surface area contributed by atoms with E-state index in [0.717, 1.165) is 0 Å². The quantitative estimate of drug-likeness (QED) is 0.494. The second-order valence-electron chi connectivity index (χ2n) is 1.23. The van der Waals surface area contributed by atoms with Gasteiger partial charge in [-0.3, -0.25) is 0 Å². The van der Waals surface area contributed by atoms with Gasteiger partial charge in [0.25, 0.3) is 0 Å². The van der Waals surface area contributed by atoms with Crippen molar-refractivity contribution in [1.82, 2.24) is 10.6 Å². The lowest BCUT2D eigenvalue weighted by molar-refractivity contribution is 0.236. The Morgan fingerprint density at radius 1 is 1.67 bits per heavy atom. The fraction of sp³-hybridized carbons (Fsp3) is 0.750. The molecule has 0 rings (SSSR count). The first-order valence-electron chi connectivity index (χ1n) is 2.37. The lowest BCUT2D eigenvalue weighted by Crippen LogP contribution is -2.34. The molecule has 3 N–H and O–H groups in total. The highest BCUT2D eigenvalue weighted by Gasteiger charge is 1.89. The Morgan fingerprint density at radius 3 is 2.56 bits per heavy atom. The molecule has 0 saturated heterocycles. The van der Waals surface area contributed by atoms with Crippen LogP contribution in [0.5, 0.6) is 0 Å². The van der Waals surface area contributed by atoms with Crippen LogP contribution in [-0.4, -0.2) is 31.3 Å². The smallest absolute Gasteiger partial charge is 0.314 e. The number of carbonyl (C=O) groups is 1. The molecule has 4 nitrogen and oxygen atoms in total. The van der Waals surface area contributed by atoms with Crippen molar-refractivity contribution in [3.8, 4) is 0 Å². The Hall–Kier alpha value is -0.480. The number of amides is 2. The van der Waals surface area contributed by atoms with Gasteiger partial charge in [0.05, 0.1) is 6.61 Å². The molecule has 0 aliphatic carbocycles. The van der Waals surface area contributed by atoms with Crippen LogP contribution in [0.15, 0.2) is 0 Å². The molecule has 0 unspecified atom stereocenters. The van der Waals surface area contributed by atoms with Crippen molar-refractivity contribution in [2.24, 2.45) is 0 Å². The minimum absolute atomic E-state index is 0. The summed E-state index contributed by atoms with van der Waals surface area (Å²) in [6, 6.07) is -0.265. The summed E-state index contributed by atoms with van der Waals surface area (Å²) in [5.74, 6) is 0. The highest BCUT2D eigenvalue weighted by atomic mass is 35.5. The monoisotopic (exact) mass is 154 g/mol. The molecule has 0 aliphatic heterocycles. The third kappa shape index (κ3) is 7.52. The van der Waals surface area contributed by atoms with E-state index in [2.05, 4.69) is 10.6 Å². The Morgan fingerprint density at radius 2 is 2.22 bits per heavy atom. The van der Waals surface area contributed by atoms with Gasteiger partial charge in [-0.15, -0.1) is 12.4 Å². The van der Waals surface area contributed by atoms with Gasteiger partial charge < -0.3 is 15.7 Å².